The number of carbonyl (C=O) groups excluding carboxylic acids is 3. The van der Waals surface area contributed by atoms with E-state index in [1.54, 1.807) is 33.7 Å². The van der Waals surface area contributed by atoms with Gasteiger partial charge in [-0.2, -0.15) is 0 Å². The normalized spacial score (nSPS) is 29.1. The molecular weight excluding hydrogens is 572 g/mol. The number of likely N-dealkylation sites (N-methyl/N-ethyl adjacent to an activating group) is 1. The van der Waals surface area contributed by atoms with E-state index in [9.17, 15) is 14.7 Å². The summed E-state index contributed by atoms with van der Waals surface area (Å²) >= 11 is 0. The summed E-state index contributed by atoms with van der Waals surface area (Å²) in [5.41, 5.74) is -0.134. The maximum Gasteiger partial charge on any atom is 0.250 e. The van der Waals surface area contributed by atoms with Crippen LogP contribution in [0.1, 0.15) is 31.9 Å². The zero-order chi connectivity index (χ0) is 32.1. The number of ether oxygens (including phenoxy) is 1. The summed E-state index contributed by atoms with van der Waals surface area (Å²) in [6.45, 7) is 11.7. The van der Waals surface area contributed by atoms with Gasteiger partial charge in [-0.1, -0.05) is 66.8 Å². The molecule has 3 saturated heterocycles. The van der Waals surface area contributed by atoms with Crippen molar-refractivity contribution in [3.05, 3.63) is 85.5 Å². The summed E-state index contributed by atoms with van der Waals surface area (Å²) in [4.78, 5) is 48.5. The van der Waals surface area contributed by atoms with E-state index in [1.165, 1.54) is 4.90 Å². The van der Waals surface area contributed by atoms with Crippen LogP contribution in [-0.2, 0) is 25.8 Å². The van der Waals surface area contributed by atoms with Crippen LogP contribution in [0.5, 0.6) is 0 Å². The summed E-state index contributed by atoms with van der Waals surface area (Å²) in [5.74, 6) is -2.83. The number of rotatable bonds is 11. The van der Waals surface area contributed by atoms with E-state index in [1.807, 2.05) is 68.4 Å². The molecule has 1 aromatic heterocycles. The molecule has 7 atom stereocenters. The fourth-order valence-corrected chi connectivity index (χ4v) is 7.95. The van der Waals surface area contributed by atoms with Crippen LogP contribution >= 0.6 is 0 Å². The van der Waals surface area contributed by atoms with Crippen LogP contribution in [0.3, 0.4) is 0 Å². The lowest BCUT2D eigenvalue weighted by Gasteiger charge is -2.39. The Kier molecular flexibility index (Phi) is 7.86. The molecule has 11 heteroatoms. The molecule has 2 bridgehead atoms. The Labute approximate surface area is 262 Å². The highest BCUT2D eigenvalue weighted by molar-refractivity contribution is 5.99. The number of fused-ring (bicyclic) bond motifs is 2. The topological polar surface area (TPSA) is 121 Å². The summed E-state index contributed by atoms with van der Waals surface area (Å²) < 4.78 is 8.56. The molecule has 3 fully saturated rings. The Morgan fingerprint density at radius 2 is 1.80 bits per heavy atom. The van der Waals surface area contributed by atoms with Crippen molar-refractivity contribution in [1.82, 2.24) is 29.7 Å². The molecule has 3 aliphatic heterocycles. The quantitative estimate of drug-likeness (QED) is 0.331. The average molecular weight is 613 g/mol. The van der Waals surface area contributed by atoms with Crippen molar-refractivity contribution in [3.63, 3.8) is 0 Å². The van der Waals surface area contributed by atoms with E-state index < -0.39 is 41.7 Å². The number of nitrogens with zero attached hydrogens (tertiary/aromatic N) is 6. The Balaban J connectivity index is 1.48. The van der Waals surface area contributed by atoms with Crippen LogP contribution in [0.25, 0.3) is 11.0 Å². The molecule has 3 unspecified atom stereocenters. The number of para-hydroxylation sites is 1. The first kappa shape index (κ1) is 30.7. The molecular formula is C34H40N6O5. The van der Waals surface area contributed by atoms with Gasteiger partial charge in [0.2, 0.25) is 17.7 Å². The SMILES string of the molecule is C=CCN(C)C(=O)[C@@H]1[C@H]2C(=O)N([C@H](CO)c3ccccc3)C(C(=O)N(CC=C)Cn3nnc4ccccc43)C23CC(C)[C@@]1(C)O3. The van der Waals surface area contributed by atoms with E-state index in [2.05, 4.69) is 23.5 Å². The summed E-state index contributed by atoms with van der Waals surface area (Å²) in [6.07, 6.45) is 3.67. The monoisotopic (exact) mass is 612 g/mol. The number of hydrogen-bond acceptors (Lipinski definition) is 7. The summed E-state index contributed by atoms with van der Waals surface area (Å²) in [7, 11) is 1.69. The summed E-state index contributed by atoms with van der Waals surface area (Å²) in [6, 6.07) is 14.7. The molecule has 45 heavy (non-hydrogen) atoms. The predicted molar refractivity (Wildman–Crippen MR) is 167 cm³/mol. The van der Waals surface area contributed by atoms with Crippen molar-refractivity contribution in [1.29, 1.82) is 0 Å². The second-order valence-corrected chi connectivity index (χ2v) is 12.6. The number of aliphatic hydroxyl groups is 1. The van der Waals surface area contributed by atoms with Crippen molar-refractivity contribution in [3.8, 4) is 0 Å². The third-order valence-corrected chi connectivity index (χ3v) is 10.1. The van der Waals surface area contributed by atoms with Crippen molar-refractivity contribution in [2.24, 2.45) is 17.8 Å². The van der Waals surface area contributed by atoms with Gasteiger partial charge in [-0.15, -0.1) is 18.3 Å². The van der Waals surface area contributed by atoms with Gasteiger partial charge < -0.3 is 24.5 Å². The highest BCUT2D eigenvalue weighted by atomic mass is 16.5. The Morgan fingerprint density at radius 3 is 2.49 bits per heavy atom. The number of likely N-dealkylation sites (tertiary alicyclic amines) is 1. The van der Waals surface area contributed by atoms with Crippen molar-refractivity contribution >= 4 is 28.8 Å². The van der Waals surface area contributed by atoms with Crippen molar-refractivity contribution < 1.29 is 24.2 Å². The van der Waals surface area contributed by atoms with Gasteiger partial charge in [0.25, 0.3) is 0 Å². The molecule has 3 aliphatic rings. The smallest absolute Gasteiger partial charge is 0.250 e. The molecule has 2 aromatic carbocycles. The Bertz CT molecular complexity index is 1640. The fraction of sp³-hybridized carbons (Fsp3) is 0.441. The lowest BCUT2D eigenvalue weighted by Crippen LogP contribution is -2.57. The van der Waals surface area contributed by atoms with Gasteiger partial charge in [-0.3, -0.25) is 14.4 Å². The fourth-order valence-electron chi connectivity index (χ4n) is 7.95. The standard InChI is InChI=1S/C34H40N6O5/c1-6-17-37(5)30(42)27-28-31(43)40(26(20-41)23-13-9-8-10-14-23)29(34(28)19-22(3)33(27,4)45-34)32(44)38(18-7-2)21-39-25-16-12-11-15-24(25)35-36-39/h6-16,22,26-29,41H,1-2,17-21H2,3-5H3/t22?,26-,27+,28+,29?,33-,34?/m1/s1. The maximum atomic E-state index is 15.0. The number of hydrogen-bond donors (Lipinski definition) is 1. The minimum absolute atomic E-state index is 0.0526. The minimum Gasteiger partial charge on any atom is -0.394 e. The van der Waals surface area contributed by atoms with E-state index in [4.69, 9.17) is 4.74 Å². The second kappa shape index (κ2) is 11.5. The number of aliphatic hydroxyl groups excluding tert-OH is 1. The van der Waals surface area contributed by atoms with Gasteiger partial charge in [0.1, 0.15) is 23.8 Å². The summed E-state index contributed by atoms with van der Waals surface area (Å²) in [5, 5.41) is 19.3. The zero-order valence-electron chi connectivity index (χ0n) is 26.0. The maximum absolute atomic E-state index is 15.0. The van der Waals surface area contributed by atoms with E-state index >= 15 is 4.79 Å². The zero-order valence-corrected chi connectivity index (χ0v) is 26.0. The first-order valence-electron chi connectivity index (χ1n) is 15.3. The third kappa shape index (κ3) is 4.59. The molecule has 1 spiro atoms. The van der Waals surface area contributed by atoms with Crippen LogP contribution in [0.2, 0.25) is 0 Å². The highest BCUT2D eigenvalue weighted by Gasteiger charge is 2.80. The number of benzene rings is 2. The number of amides is 3. The average Bonchev–Trinajstić information content (AvgIpc) is 3.71. The van der Waals surface area contributed by atoms with Crippen LogP contribution < -0.4 is 0 Å². The molecule has 1 N–H and O–H groups in total. The van der Waals surface area contributed by atoms with Gasteiger partial charge in [0, 0.05) is 20.1 Å². The van der Waals surface area contributed by atoms with Gasteiger partial charge >= 0.3 is 0 Å². The van der Waals surface area contributed by atoms with Crippen molar-refractivity contribution in [2.75, 3.05) is 26.7 Å². The van der Waals surface area contributed by atoms with E-state index in [0.29, 0.717) is 24.0 Å². The van der Waals surface area contributed by atoms with Gasteiger partial charge in [-0.05, 0) is 37.0 Å². The first-order chi connectivity index (χ1) is 21.6. The third-order valence-electron chi connectivity index (χ3n) is 10.1. The molecule has 236 valence electrons. The lowest BCUT2D eigenvalue weighted by molar-refractivity contribution is -0.158. The molecule has 3 amide bonds. The first-order valence-corrected chi connectivity index (χ1v) is 15.3. The van der Waals surface area contributed by atoms with Crippen LogP contribution in [-0.4, -0.2) is 96.5 Å². The number of aromatic nitrogens is 3. The Morgan fingerprint density at radius 1 is 1.11 bits per heavy atom. The molecule has 0 saturated carbocycles. The minimum atomic E-state index is -1.29. The predicted octanol–water partition coefficient (Wildman–Crippen LogP) is 2.79. The van der Waals surface area contributed by atoms with E-state index in [0.717, 1.165) is 5.52 Å². The largest absolute Gasteiger partial charge is 0.394 e. The van der Waals surface area contributed by atoms with Gasteiger partial charge in [0.15, 0.2) is 0 Å². The number of carbonyl (C=O) groups is 3. The molecule has 6 rings (SSSR count). The Hall–Kier alpha value is -4.35. The lowest BCUT2D eigenvalue weighted by atomic mass is 9.62. The molecule has 11 nitrogen and oxygen atoms in total. The van der Waals surface area contributed by atoms with Crippen LogP contribution in [0.15, 0.2) is 79.9 Å². The highest BCUT2D eigenvalue weighted by Crippen LogP contribution is 2.66. The molecule has 4 heterocycles. The van der Waals surface area contributed by atoms with E-state index in [-0.39, 0.29) is 36.9 Å². The molecule has 3 aromatic rings. The molecule has 0 aliphatic carbocycles. The van der Waals surface area contributed by atoms with Gasteiger partial charge in [0.05, 0.1) is 35.6 Å². The van der Waals surface area contributed by atoms with Crippen molar-refractivity contribution in [2.45, 2.75) is 50.2 Å². The van der Waals surface area contributed by atoms with Crippen LogP contribution in [0.4, 0.5) is 0 Å². The van der Waals surface area contributed by atoms with Gasteiger partial charge in [-0.25, -0.2) is 4.68 Å². The van der Waals surface area contributed by atoms with Crippen LogP contribution in [0, 0.1) is 17.8 Å². The molecule has 0 radical (unpaired) electrons. The second-order valence-electron chi connectivity index (χ2n) is 12.6.